The monoisotopic (exact) mass is 538 g/mol. The highest BCUT2D eigenvalue weighted by Gasteiger charge is 2.34. The molecule has 0 radical (unpaired) electrons. The van der Waals surface area contributed by atoms with Crippen molar-refractivity contribution in [2.75, 3.05) is 45.1 Å². The Morgan fingerprint density at radius 3 is 2.32 bits per heavy atom. The van der Waals surface area contributed by atoms with E-state index >= 15 is 0 Å². The van der Waals surface area contributed by atoms with Crippen LogP contribution in [0.5, 0.6) is 5.75 Å². The predicted molar refractivity (Wildman–Crippen MR) is 148 cm³/mol. The minimum Gasteiger partial charge on any atom is -0.465 e. The van der Waals surface area contributed by atoms with Gasteiger partial charge in [-0.1, -0.05) is 19.6 Å². The van der Waals surface area contributed by atoms with E-state index in [2.05, 4.69) is 24.5 Å². The van der Waals surface area contributed by atoms with Gasteiger partial charge in [0.15, 0.2) is 6.79 Å². The van der Waals surface area contributed by atoms with Gasteiger partial charge in [-0.15, -0.1) is 0 Å². The van der Waals surface area contributed by atoms with E-state index in [4.69, 9.17) is 18.9 Å². The molecule has 2 fully saturated rings. The van der Waals surface area contributed by atoms with Crippen LogP contribution >= 0.6 is 0 Å². The minimum atomic E-state index is -1.19. The third-order valence-electron chi connectivity index (χ3n) is 7.02. The van der Waals surface area contributed by atoms with Crippen molar-refractivity contribution in [3.8, 4) is 5.75 Å². The zero-order chi connectivity index (χ0) is 27.2. The van der Waals surface area contributed by atoms with Gasteiger partial charge < -0.3 is 28.7 Å². The molecule has 1 saturated carbocycles. The summed E-state index contributed by atoms with van der Waals surface area (Å²) in [6.07, 6.45) is 3.34. The number of nitrogens with zero attached hydrogens (tertiary/aromatic N) is 2. The number of halogens is 1. The Bertz CT molecular complexity index is 876. The summed E-state index contributed by atoms with van der Waals surface area (Å²) in [6, 6.07) is 6.25. The van der Waals surface area contributed by atoms with E-state index in [-0.39, 0.29) is 30.8 Å². The van der Waals surface area contributed by atoms with Gasteiger partial charge in [-0.05, 0) is 64.6 Å². The average Bonchev–Trinajstić information content (AvgIpc) is 2.77. The number of rotatable bonds is 11. The summed E-state index contributed by atoms with van der Waals surface area (Å²) in [5.74, 6) is 0.629. The van der Waals surface area contributed by atoms with Crippen LogP contribution in [0.4, 0.5) is 14.9 Å². The fraction of sp³-hybridized carbons (Fsp3) is 0.750. The number of hydrogen-bond acceptors (Lipinski definition) is 6. The molecule has 1 aromatic rings. The highest BCUT2D eigenvalue weighted by Crippen LogP contribution is 2.37. The van der Waals surface area contributed by atoms with Gasteiger partial charge in [0.2, 0.25) is 0 Å². The van der Waals surface area contributed by atoms with Crippen molar-refractivity contribution in [1.29, 1.82) is 0 Å². The topological polar surface area (TPSA) is 60.5 Å². The highest BCUT2D eigenvalue weighted by molar-refractivity contribution is 6.76. The van der Waals surface area contributed by atoms with Crippen molar-refractivity contribution in [1.82, 2.24) is 4.90 Å². The van der Waals surface area contributed by atoms with Crippen molar-refractivity contribution >= 4 is 19.9 Å². The average molecular weight is 539 g/mol. The first-order valence-electron chi connectivity index (χ1n) is 13.6. The van der Waals surface area contributed by atoms with E-state index in [0.29, 0.717) is 18.3 Å². The molecule has 1 amide bonds. The van der Waals surface area contributed by atoms with Crippen molar-refractivity contribution in [3.63, 3.8) is 0 Å². The molecule has 1 aliphatic heterocycles. The van der Waals surface area contributed by atoms with Gasteiger partial charge in [-0.25, -0.2) is 9.18 Å². The molecule has 210 valence electrons. The van der Waals surface area contributed by atoms with Gasteiger partial charge in [0.1, 0.15) is 17.2 Å². The highest BCUT2D eigenvalue weighted by atomic mass is 28.3. The van der Waals surface area contributed by atoms with Crippen LogP contribution in [0.25, 0.3) is 0 Å². The van der Waals surface area contributed by atoms with E-state index < -0.39 is 13.7 Å². The summed E-state index contributed by atoms with van der Waals surface area (Å²) < 4.78 is 37.0. The number of anilines is 1. The maximum absolute atomic E-state index is 14.3. The van der Waals surface area contributed by atoms with Gasteiger partial charge >= 0.3 is 6.09 Å². The molecular weight excluding hydrogens is 491 g/mol. The van der Waals surface area contributed by atoms with Gasteiger partial charge in [0.25, 0.3) is 0 Å². The molecule has 0 N–H and O–H groups in total. The Hall–Kier alpha value is -1.84. The molecule has 1 aliphatic carbocycles. The van der Waals surface area contributed by atoms with Crippen LogP contribution in [0.15, 0.2) is 18.2 Å². The second-order valence-corrected chi connectivity index (χ2v) is 18.3. The molecular formula is C28H47FN2O5Si. The van der Waals surface area contributed by atoms with E-state index in [1.54, 1.807) is 4.90 Å². The fourth-order valence-electron chi connectivity index (χ4n) is 4.74. The molecule has 0 unspecified atom stereocenters. The van der Waals surface area contributed by atoms with Crippen molar-refractivity contribution in [3.05, 3.63) is 24.0 Å². The number of carbonyl (C=O) groups is 1. The third kappa shape index (κ3) is 9.44. The molecule has 9 heteroatoms. The van der Waals surface area contributed by atoms with Gasteiger partial charge in [-0.2, -0.15) is 0 Å². The van der Waals surface area contributed by atoms with Gasteiger partial charge in [0.05, 0.1) is 18.9 Å². The third-order valence-corrected chi connectivity index (χ3v) is 8.73. The standard InChI is InChI=1S/C28H47FN2O5Si/c1-28(2,3)36-27(32)30(4)23-9-11-24(12-10-23)31(17-21-18-34-19-21)25-13-8-22(29)16-26(25)35-20-33-14-15-37(5,6)7/h8,13,16,21,23-24H,9-12,14-15,17-20H2,1-7H3/t23-,24-. The van der Waals surface area contributed by atoms with Crippen LogP contribution < -0.4 is 9.64 Å². The lowest BCUT2D eigenvalue weighted by Crippen LogP contribution is -2.49. The van der Waals surface area contributed by atoms with E-state index in [1.165, 1.54) is 12.1 Å². The molecule has 0 atom stereocenters. The maximum Gasteiger partial charge on any atom is 0.410 e. The quantitative estimate of drug-likeness (QED) is 0.191. The molecule has 0 aromatic heterocycles. The Kier molecular flexibility index (Phi) is 10.3. The van der Waals surface area contributed by atoms with E-state index in [1.807, 2.05) is 33.9 Å². The second-order valence-electron chi connectivity index (χ2n) is 12.7. The molecule has 7 nitrogen and oxygen atoms in total. The summed E-state index contributed by atoms with van der Waals surface area (Å²) in [5, 5.41) is 0. The van der Waals surface area contributed by atoms with Crippen molar-refractivity contribution < 1.29 is 28.1 Å². The molecule has 1 heterocycles. The SMILES string of the molecule is CN(C(=O)OC(C)(C)C)[C@H]1CC[C@H](N(CC2COC2)c2ccc(F)cc2OCOCC[Si](C)(C)C)CC1. The van der Waals surface area contributed by atoms with Crippen LogP contribution in [0, 0.1) is 11.7 Å². The van der Waals surface area contributed by atoms with Crippen LogP contribution in [0.1, 0.15) is 46.5 Å². The number of benzene rings is 1. The summed E-state index contributed by atoms with van der Waals surface area (Å²) in [5.41, 5.74) is 0.382. The summed E-state index contributed by atoms with van der Waals surface area (Å²) >= 11 is 0. The number of amides is 1. The first-order valence-corrected chi connectivity index (χ1v) is 17.3. The van der Waals surface area contributed by atoms with E-state index in [9.17, 15) is 9.18 Å². The van der Waals surface area contributed by atoms with Gasteiger partial charge in [0, 0.05) is 52.3 Å². The molecule has 1 saturated heterocycles. The van der Waals surface area contributed by atoms with E-state index in [0.717, 1.165) is 57.2 Å². The zero-order valence-corrected chi connectivity index (χ0v) is 24.8. The van der Waals surface area contributed by atoms with Crippen LogP contribution in [0.2, 0.25) is 25.7 Å². The van der Waals surface area contributed by atoms with Crippen LogP contribution in [-0.2, 0) is 14.2 Å². The molecule has 3 rings (SSSR count). The first-order chi connectivity index (χ1) is 17.3. The molecule has 0 bridgehead atoms. The number of ether oxygens (including phenoxy) is 4. The smallest absolute Gasteiger partial charge is 0.410 e. The Morgan fingerprint density at radius 1 is 1.11 bits per heavy atom. The molecule has 0 spiro atoms. The van der Waals surface area contributed by atoms with Crippen LogP contribution in [-0.4, -0.2) is 77.0 Å². The van der Waals surface area contributed by atoms with Crippen molar-refractivity contribution in [2.45, 2.75) is 89.8 Å². The number of carbonyl (C=O) groups excluding carboxylic acids is 1. The Morgan fingerprint density at radius 2 is 1.76 bits per heavy atom. The largest absolute Gasteiger partial charge is 0.465 e. The van der Waals surface area contributed by atoms with Crippen LogP contribution in [0.3, 0.4) is 0 Å². The summed E-state index contributed by atoms with van der Waals surface area (Å²) in [4.78, 5) is 16.7. The second kappa shape index (κ2) is 12.8. The Balaban J connectivity index is 1.67. The normalized spacial score (nSPS) is 20.8. The lowest BCUT2D eigenvalue weighted by atomic mass is 9.88. The summed E-state index contributed by atoms with van der Waals surface area (Å²) in [6.45, 7) is 15.7. The minimum absolute atomic E-state index is 0.106. The zero-order valence-electron chi connectivity index (χ0n) is 23.8. The van der Waals surface area contributed by atoms with Gasteiger partial charge in [-0.3, -0.25) is 0 Å². The molecule has 37 heavy (non-hydrogen) atoms. The fourth-order valence-corrected chi connectivity index (χ4v) is 5.49. The number of hydrogen-bond donors (Lipinski definition) is 0. The summed E-state index contributed by atoms with van der Waals surface area (Å²) in [7, 11) is 0.641. The lowest BCUT2D eigenvalue weighted by Gasteiger charge is -2.43. The maximum atomic E-state index is 14.3. The lowest BCUT2D eigenvalue weighted by molar-refractivity contribution is -0.0289. The first kappa shape index (κ1) is 29.7. The Labute approximate surface area is 223 Å². The molecule has 2 aliphatic rings. The predicted octanol–water partition coefficient (Wildman–Crippen LogP) is 6.15. The molecule has 1 aromatic carbocycles. The van der Waals surface area contributed by atoms with Crippen molar-refractivity contribution in [2.24, 2.45) is 5.92 Å².